The number of rotatable bonds is 8. The van der Waals surface area contributed by atoms with E-state index in [9.17, 15) is 9.59 Å². The molecule has 1 aromatic carbocycles. The van der Waals surface area contributed by atoms with Crippen LogP contribution >= 0.6 is 12.4 Å². The lowest BCUT2D eigenvalue weighted by Gasteiger charge is -2.20. The zero-order valence-electron chi connectivity index (χ0n) is 13.1. The fraction of sp³-hybridized carbons (Fsp3) is 0.500. The lowest BCUT2D eigenvalue weighted by Crippen LogP contribution is -2.31. The van der Waals surface area contributed by atoms with Crippen molar-refractivity contribution in [2.45, 2.75) is 39.2 Å². The molecule has 0 saturated carbocycles. The van der Waals surface area contributed by atoms with Crippen LogP contribution in [0.3, 0.4) is 0 Å². The van der Waals surface area contributed by atoms with Crippen LogP contribution in [0, 0.1) is 6.92 Å². The Kier molecular flexibility index (Phi) is 10.2. The first-order valence-electron chi connectivity index (χ1n) is 7.29. The number of hydrogen-bond donors (Lipinski definition) is 2. The number of amides is 1. The van der Waals surface area contributed by atoms with E-state index in [4.69, 9.17) is 10.5 Å². The van der Waals surface area contributed by atoms with Crippen molar-refractivity contribution in [3.05, 3.63) is 35.4 Å². The average molecular weight is 329 g/mol. The number of nitrogens with two attached hydrogens (primary N) is 1. The molecule has 0 bridgehead atoms. The van der Waals surface area contributed by atoms with E-state index in [0.29, 0.717) is 26.0 Å². The summed E-state index contributed by atoms with van der Waals surface area (Å²) in [7, 11) is 0. The van der Waals surface area contributed by atoms with Gasteiger partial charge in [-0.25, -0.2) is 0 Å². The van der Waals surface area contributed by atoms with Gasteiger partial charge in [0.1, 0.15) is 0 Å². The number of nitrogens with one attached hydrogen (secondary N) is 1. The highest BCUT2D eigenvalue weighted by Crippen LogP contribution is 2.21. The number of aryl methyl sites for hydroxylation is 1. The van der Waals surface area contributed by atoms with Crippen molar-refractivity contribution in [3.63, 3.8) is 0 Å². The third kappa shape index (κ3) is 6.91. The summed E-state index contributed by atoms with van der Waals surface area (Å²) >= 11 is 0. The van der Waals surface area contributed by atoms with Crippen molar-refractivity contribution in [1.29, 1.82) is 0 Å². The molecule has 3 N–H and O–H groups in total. The Balaban J connectivity index is 0.00000441. The second-order valence-electron chi connectivity index (χ2n) is 4.88. The van der Waals surface area contributed by atoms with Crippen LogP contribution in [0.2, 0.25) is 0 Å². The van der Waals surface area contributed by atoms with Gasteiger partial charge in [-0.1, -0.05) is 24.3 Å². The molecule has 1 amide bonds. The molecule has 0 aliphatic heterocycles. The predicted molar refractivity (Wildman–Crippen MR) is 88.8 cm³/mol. The monoisotopic (exact) mass is 328 g/mol. The van der Waals surface area contributed by atoms with Gasteiger partial charge in [0, 0.05) is 6.42 Å². The summed E-state index contributed by atoms with van der Waals surface area (Å²) in [5.41, 5.74) is 7.38. The summed E-state index contributed by atoms with van der Waals surface area (Å²) in [5, 5.41) is 2.90. The van der Waals surface area contributed by atoms with Crippen LogP contribution < -0.4 is 11.1 Å². The molecule has 1 atom stereocenters. The van der Waals surface area contributed by atoms with E-state index in [1.54, 1.807) is 6.92 Å². The lowest BCUT2D eigenvalue weighted by molar-refractivity contribution is -0.143. The summed E-state index contributed by atoms with van der Waals surface area (Å²) in [6, 6.07) is 7.33. The fourth-order valence-corrected chi connectivity index (χ4v) is 2.13. The largest absolute Gasteiger partial charge is 0.466 e. The quantitative estimate of drug-likeness (QED) is 0.717. The minimum Gasteiger partial charge on any atom is -0.466 e. The van der Waals surface area contributed by atoms with E-state index in [1.165, 1.54) is 0 Å². The van der Waals surface area contributed by atoms with Gasteiger partial charge >= 0.3 is 5.97 Å². The molecule has 5 nitrogen and oxygen atoms in total. The summed E-state index contributed by atoms with van der Waals surface area (Å²) in [5.74, 6) is -0.414. The number of halogens is 1. The van der Waals surface area contributed by atoms with Crippen molar-refractivity contribution in [3.8, 4) is 0 Å². The third-order valence-corrected chi connectivity index (χ3v) is 3.18. The van der Waals surface area contributed by atoms with Crippen LogP contribution in [-0.4, -0.2) is 25.0 Å². The smallest absolute Gasteiger partial charge is 0.308 e. The molecule has 124 valence electrons. The lowest BCUT2D eigenvalue weighted by atomic mass is 9.98. The van der Waals surface area contributed by atoms with Gasteiger partial charge in [-0.15, -0.1) is 12.4 Å². The fourth-order valence-electron chi connectivity index (χ4n) is 2.13. The zero-order valence-corrected chi connectivity index (χ0v) is 13.9. The standard InChI is InChI=1S/C16H24N2O3.ClH/c1-3-21-16(20)11-14(18-15(19)9-6-10-17)13-8-5-4-7-12(13)2;/h4-5,7-8,14H,3,6,9-11,17H2,1-2H3,(H,18,19);1H. The van der Waals surface area contributed by atoms with Crippen molar-refractivity contribution >= 4 is 24.3 Å². The molecule has 0 aromatic heterocycles. The van der Waals surface area contributed by atoms with Gasteiger partial charge in [0.2, 0.25) is 5.91 Å². The topological polar surface area (TPSA) is 81.4 Å². The van der Waals surface area contributed by atoms with Crippen LogP contribution in [0.5, 0.6) is 0 Å². The first-order valence-corrected chi connectivity index (χ1v) is 7.29. The van der Waals surface area contributed by atoms with Gasteiger partial charge in [0.15, 0.2) is 0 Å². The van der Waals surface area contributed by atoms with Gasteiger partial charge < -0.3 is 15.8 Å². The number of hydrogen-bond acceptors (Lipinski definition) is 4. The molecule has 0 radical (unpaired) electrons. The number of esters is 1. The first-order chi connectivity index (χ1) is 10.1. The van der Waals surface area contributed by atoms with E-state index < -0.39 is 0 Å². The molecular formula is C16H25ClN2O3. The van der Waals surface area contributed by atoms with Gasteiger partial charge in [0.25, 0.3) is 0 Å². The Morgan fingerprint density at radius 3 is 2.59 bits per heavy atom. The van der Waals surface area contributed by atoms with E-state index in [0.717, 1.165) is 11.1 Å². The molecule has 0 aliphatic rings. The third-order valence-electron chi connectivity index (χ3n) is 3.18. The summed E-state index contributed by atoms with van der Waals surface area (Å²) in [4.78, 5) is 23.7. The summed E-state index contributed by atoms with van der Waals surface area (Å²) in [6.07, 6.45) is 1.13. The van der Waals surface area contributed by atoms with Crippen LogP contribution in [-0.2, 0) is 14.3 Å². The molecule has 0 fully saturated rings. The molecule has 22 heavy (non-hydrogen) atoms. The van der Waals surface area contributed by atoms with E-state index >= 15 is 0 Å². The minimum atomic E-state index is -0.365. The number of ether oxygens (including phenoxy) is 1. The summed E-state index contributed by atoms with van der Waals surface area (Å²) < 4.78 is 4.99. The van der Waals surface area contributed by atoms with Crippen LogP contribution in [0.25, 0.3) is 0 Å². The molecule has 6 heteroatoms. The van der Waals surface area contributed by atoms with Gasteiger partial charge in [-0.05, 0) is 37.9 Å². The van der Waals surface area contributed by atoms with Crippen molar-refractivity contribution in [1.82, 2.24) is 5.32 Å². The minimum absolute atomic E-state index is 0. The highest BCUT2D eigenvalue weighted by Gasteiger charge is 2.20. The SMILES string of the molecule is CCOC(=O)CC(NC(=O)CCCN)c1ccccc1C.Cl. The molecule has 0 heterocycles. The second kappa shape index (κ2) is 11.0. The maximum absolute atomic E-state index is 11.9. The maximum Gasteiger partial charge on any atom is 0.308 e. The highest BCUT2D eigenvalue weighted by atomic mass is 35.5. The molecular weight excluding hydrogens is 304 g/mol. The predicted octanol–water partition coefficient (Wildman–Crippen LogP) is 2.27. The van der Waals surface area contributed by atoms with Crippen molar-refractivity contribution in [2.75, 3.05) is 13.2 Å². The Bertz CT molecular complexity index is 480. The Labute approximate surface area is 138 Å². The van der Waals surface area contributed by atoms with Crippen molar-refractivity contribution < 1.29 is 14.3 Å². The van der Waals surface area contributed by atoms with Crippen LogP contribution in [0.1, 0.15) is 43.4 Å². The number of benzene rings is 1. The van der Waals surface area contributed by atoms with Gasteiger partial charge in [0.05, 0.1) is 19.1 Å². The normalized spacial score (nSPS) is 11.2. The Morgan fingerprint density at radius 1 is 1.32 bits per heavy atom. The summed E-state index contributed by atoms with van der Waals surface area (Å²) in [6.45, 7) is 4.53. The van der Waals surface area contributed by atoms with Gasteiger partial charge in [-0.3, -0.25) is 9.59 Å². The van der Waals surface area contributed by atoms with Crippen LogP contribution in [0.15, 0.2) is 24.3 Å². The first kappa shape index (κ1) is 20.4. The van der Waals surface area contributed by atoms with Crippen LogP contribution in [0.4, 0.5) is 0 Å². The Hall–Kier alpha value is -1.59. The second-order valence-corrected chi connectivity index (χ2v) is 4.88. The molecule has 1 unspecified atom stereocenters. The van der Waals surface area contributed by atoms with E-state index in [-0.39, 0.29) is 36.7 Å². The van der Waals surface area contributed by atoms with Crippen molar-refractivity contribution in [2.24, 2.45) is 5.73 Å². The Morgan fingerprint density at radius 2 is 2.00 bits per heavy atom. The zero-order chi connectivity index (χ0) is 15.7. The molecule has 0 saturated heterocycles. The highest BCUT2D eigenvalue weighted by molar-refractivity contribution is 5.85. The molecule has 1 aromatic rings. The molecule has 1 rings (SSSR count). The molecule has 0 aliphatic carbocycles. The number of carbonyl (C=O) groups excluding carboxylic acids is 2. The number of carbonyl (C=O) groups is 2. The van der Waals surface area contributed by atoms with E-state index in [2.05, 4.69) is 5.32 Å². The van der Waals surface area contributed by atoms with E-state index in [1.807, 2.05) is 31.2 Å². The average Bonchev–Trinajstić information content (AvgIpc) is 2.45. The van der Waals surface area contributed by atoms with Gasteiger partial charge in [-0.2, -0.15) is 0 Å². The maximum atomic E-state index is 11.9. The molecule has 0 spiro atoms.